The lowest BCUT2D eigenvalue weighted by molar-refractivity contribution is -0.116. The van der Waals surface area contributed by atoms with Gasteiger partial charge >= 0.3 is 0 Å². The molecular weight excluding hydrogens is 178 g/mol. The Bertz CT molecular complexity index is 242. The molecular formula is C11H17NO2. The van der Waals surface area contributed by atoms with E-state index in [1.54, 1.807) is 6.26 Å². The summed E-state index contributed by atoms with van der Waals surface area (Å²) in [4.78, 5) is 11.8. The van der Waals surface area contributed by atoms with Crippen molar-refractivity contribution in [1.29, 1.82) is 0 Å². The number of ether oxygens (including phenoxy) is 1. The molecule has 14 heavy (non-hydrogen) atoms. The number of carbonyl (C=O) groups is 1. The Hall–Kier alpha value is -0.830. The van der Waals surface area contributed by atoms with Gasteiger partial charge in [0.15, 0.2) is 5.78 Å². The highest BCUT2D eigenvalue weighted by atomic mass is 16.5. The maximum Gasteiger partial charge on any atom is 0.163 e. The second-order valence-corrected chi connectivity index (χ2v) is 4.04. The average Bonchev–Trinajstić information content (AvgIpc) is 2.72. The first-order valence-corrected chi connectivity index (χ1v) is 5.43. The van der Waals surface area contributed by atoms with Crippen molar-refractivity contribution in [2.75, 3.05) is 13.2 Å². The Labute approximate surface area is 84.5 Å². The van der Waals surface area contributed by atoms with E-state index < -0.39 is 0 Å². The standard InChI is InChI=1S/C11H17NO2/c13-11(7-10-4-1-5-12-10)9-3-2-6-14-8-9/h8,10,12H,1-7H2. The van der Waals surface area contributed by atoms with Crippen LogP contribution < -0.4 is 5.32 Å². The van der Waals surface area contributed by atoms with Gasteiger partial charge in [0.1, 0.15) is 0 Å². The molecule has 78 valence electrons. The van der Waals surface area contributed by atoms with Crippen molar-refractivity contribution in [3.63, 3.8) is 0 Å². The van der Waals surface area contributed by atoms with Crippen LogP contribution in [0.25, 0.3) is 0 Å². The molecule has 2 rings (SSSR count). The first kappa shape index (κ1) is 9.71. The number of rotatable bonds is 3. The third kappa shape index (κ3) is 2.35. The van der Waals surface area contributed by atoms with Gasteiger partial charge in [0.2, 0.25) is 0 Å². The molecule has 3 heteroatoms. The molecule has 2 aliphatic heterocycles. The van der Waals surface area contributed by atoms with E-state index in [4.69, 9.17) is 4.74 Å². The molecule has 1 N–H and O–H groups in total. The van der Waals surface area contributed by atoms with Crippen LogP contribution in [-0.4, -0.2) is 25.0 Å². The van der Waals surface area contributed by atoms with Crippen molar-refractivity contribution in [3.05, 3.63) is 11.8 Å². The maximum atomic E-state index is 11.8. The Morgan fingerprint density at radius 1 is 1.57 bits per heavy atom. The summed E-state index contributed by atoms with van der Waals surface area (Å²) in [6.45, 7) is 1.83. The van der Waals surface area contributed by atoms with Crippen LogP contribution in [0.1, 0.15) is 32.1 Å². The summed E-state index contributed by atoms with van der Waals surface area (Å²) in [6, 6.07) is 0.408. The van der Waals surface area contributed by atoms with Crippen molar-refractivity contribution < 1.29 is 9.53 Å². The van der Waals surface area contributed by atoms with Crippen molar-refractivity contribution in [3.8, 4) is 0 Å². The molecule has 0 aromatic carbocycles. The monoisotopic (exact) mass is 195 g/mol. The molecule has 1 unspecified atom stereocenters. The molecule has 0 saturated carbocycles. The molecule has 2 heterocycles. The number of allylic oxidation sites excluding steroid dienone is 1. The Balaban J connectivity index is 1.84. The van der Waals surface area contributed by atoms with Gasteiger partial charge in [0.05, 0.1) is 12.9 Å². The highest BCUT2D eigenvalue weighted by Gasteiger charge is 2.20. The Morgan fingerprint density at radius 3 is 3.14 bits per heavy atom. The van der Waals surface area contributed by atoms with Crippen LogP contribution in [0.2, 0.25) is 0 Å². The molecule has 0 amide bonds. The van der Waals surface area contributed by atoms with E-state index in [1.807, 2.05) is 0 Å². The zero-order valence-electron chi connectivity index (χ0n) is 8.42. The molecule has 0 aromatic heterocycles. The molecule has 0 spiro atoms. The number of ketones is 1. The molecule has 1 fully saturated rings. The van der Waals surface area contributed by atoms with Crippen LogP contribution in [0.15, 0.2) is 11.8 Å². The summed E-state index contributed by atoms with van der Waals surface area (Å²) >= 11 is 0. The molecule has 1 atom stereocenters. The highest BCUT2D eigenvalue weighted by molar-refractivity contribution is 5.95. The summed E-state index contributed by atoms with van der Waals surface area (Å²) in [7, 11) is 0. The zero-order chi connectivity index (χ0) is 9.80. The van der Waals surface area contributed by atoms with Gasteiger partial charge in [-0.05, 0) is 32.2 Å². The predicted octanol–water partition coefficient (Wildman–Crippen LogP) is 1.39. The topological polar surface area (TPSA) is 38.3 Å². The van der Waals surface area contributed by atoms with E-state index in [0.717, 1.165) is 38.0 Å². The van der Waals surface area contributed by atoms with Crippen LogP contribution >= 0.6 is 0 Å². The van der Waals surface area contributed by atoms with Crippen LogP contribution in [0.3, 0.4) is 0 Å². The molecule has 0 aromatic rings. The fourth-order valence-corrected chi connectivity index (χ4v) is 2.06. The Kier molecular flexibility index (Phi) is 3.19. The summed E-state index contributed by atoms with van der Waals surface area (Å²) < 4.78 is 5.16. The van der Waals surface area contributed by atoms with Crippen molar-refractivity contribution in [2.24, 2.45) is 0 Å². The van der Waals surface area contributed by atoms with Gasteiger partial charge in [-0.25, -0.2) is 0 Å². The first-order chi connectivity index (χ1) is 6.86. The SMILES string of the molecule is O=C(CC1CCCN1)C1=COCCC1. The average molecular weight is 195 g/mol. The molecule has 0 aliphatic carbocycles. The number of carbonyl (C=O) groups excluding carboxylic acids is 1. The van der Waals surface area contributed by atoms with Gasteiger partial charge in [0.25, 0.3) is 0 Å². The van der Waals surface area contributed by atoms with Crippen LogP contribution in [0, 0.1) is 0 Å². The predicted molar refractivity (Wildman–Crippen MR) is 53.9 cm³/mol. The van der Waals surface area contributed by atoms with Crippen molar-refractivity contribution in [2.45, 2.75) is 38.1 Å². The number of Topliss-reactive ketones (excluding diaryl/α,β-unsaturated/α-hetero) is 1. The summed E-state index contributed by atoms with van der Waals surface area (Å²) in [5, 5.41) is 3.34. The van der Waals surface area contributed by atoms with Gasteiger partial charge < -0.3 is 10.1 Å². The Morgan fingerprint density at radius 2 is 2.50 bits per heavy atom. The van der Waals surface area contributed by atoms with E-state index in [9.17, 15) is 4.79 Å². The first-order valence-electron chi connectivity index (χ1n) is 5.43. The van der Waals surface area contributed by atoms with E-state index >= 15 is 0 Å². The number of nitrogens with one attached hydrogen (secondary N) is 1. The van der Waals surface area contributed by atoms with Gasteiger partial charge in [-0.15, -0.1) is 0 Å². The number of hydrogen-bond acceptors (Lipinski definition) is 3. The fraction of sp³-hybridized carbons (Fsp3) is 0.727. The second-order valence-electron chi connectivity index (χ2n) is 4.04. The van der Waals surface area contributed by atoms with Crippen LogP contribution in [0.5, 0.6) is 0 Å². The minimum atomic E-state index is 0.268. The van der Waals surface area contributed by atoms with Crippen molar-refractivity contribution in [1.82, 2.24) is 5.32 Å². The van der Waals surface area contributed by atoms with E-state index in [0.29, 0.717) is 12.5 Å². The van der Waals surface area contributed by atoms with Gasteiger partial charge in [0, 0.05) is 18.0 Å². The molecule has 3 nitrogen and oxygen atoms in total. The zero-order valence-corrected chi connectivity index (χ0v) is 8.42. The minimum absolute atomic E-state index is 0.268. The third-order valence-corrected chi connectivity index (χ3v) is 2.89. The second kappa shape index (κ2) is 4.60. The quantitative estimate of drug-likeness (QED) is 0.739. The van der Waals surface area contributed by atoms with Crippen LogP contribution in [0.4, 0.5) is 0 Å². The molecule has 0 radical (unpaired) electrons. The third-order valence-electron chi connectivity index (χ3n) is 2.89. The fourth-order valence-electron chi connectivity index (χ4n) is 2.06. The normalized spacial score (nSPS) is 26.9. The van der Waals surface area contributed by atoms with Crippen LogP contribution in [-0.2, 0) is 9.53 Å². The number of hydrogen-bond donors (Lipinski definition) is 1. The lowest BCUT2D eigenvalue weighted by Crippen LogP contribution is -2.25. The van der Waals surface area contributed by atoms with Gasteiger partial charge in [-0.2, -0.15) is 0 Å². The minimum Gasteiger partial charge on any atom is -0.501 e. The highest BCUT2D eigenvalue weighted by Crippen LogP contribution is 2.17. The largest absolute Gasteiger partial charge is 0.501 e. The maximum absolute atomic E-state index is 11.8. The smallest absolute Gasteiger partial charge is 0.163 e. The lowest BCUT2D eigenvalue weighted by atomic mass is 9.99. The molecule has 1 saturated heterocycles. The summed E-state index contributed by atoms with van der Waals surface area (Å²) in [5.41, 5.74) is 0.880. The summed E-state index contributed by atoms with van der Waals surface area (Å²) in [6.07, 6.45) is 6.52. The van der Waals surface area contributed by atoms with Gasteiger partial charge in [-0.3, -0.25) is 4.79 Å². The summed E-state index contributed by atoms with van der Waals surface area (Å²) in [5.74, 6) is 0.268. The molecule has 0 bridgehead atoms. The van der Waals surface area contributed by atoms with E-state index in [1.165, 1.54) is 6.42 Å². The lowest BCUT2D eigenvalue weighted by Gasteiger charge is -2.14. The van der Waals surface area contributed by atoms with E-state index in [-0.39, 0.29) is 5.78 Å². The van der Waals surface area contributed by atoms with Gasteiger partial charge in [-0.1, -0.05) is 0 Å². The van der Waals surface area contributed by atoms with Crippen molar-refractivity contribution >= 4 is 5.78 Å². The van der Waals surface area contributed by atoms with E-state index in [2.05, 4.69) is 5.32 Å². The molecule has 2 aliphatic rings.